The van der Waals surface area contributed by atoms with Crippen molar-refractivity contribution in [3.63, 3.8) is 0 Å². The minimum atomic E-state index is -1.22. The van der Waals surface area contributed by atoms with Crippen LogP contribution in [0, 0.1) is 40.2 Å². The molecule has 4 aliphatic heterocycles. The van der Waals surface area contributed by atoms with E-state index in [4.69, 9.17) is 14.5 Å². The molecule has 51 heavy (non-hydrogen) atoms. The van der Waals surface area contributed by atoms with Gasteiger partial charge >= 0.3 is 12.1 Å². The molecule has 2 aromatic carbocycles. The number of likely N-dealkylation sites (N-methyl/N-ethyl adjacent to an activating group) is 1. The number of aromatic hydroxyl groups is 1. The van der Waals surface area contributed by atoms with Crippen molar-refractivity contribution in [1.82, 2.24) is 29.7 Å². The number of carbonyl (C=O) groups is 1. The first-order valence-corrected chi connectivity index (χ1v) is 16.7. The number of nitrogens with zero attached hydrogens (tertiary/aromatic N) is 9. The van der Waals surface area contributed by atoms with Gasteiger partial charge in [0.1, 0.15) is 35.5 Å². The maximum absolute atomic E-state index is 16.8. The molecule has 16 heteroatoms. The van der Waals surface area contributed by atoms with E-state index in [1.165, 1.54) is 23.2 Å². The van der Waals surface area contributed by atoms with Crippen LogP contribution in [0.5, 0.6) is 11.8 Å². The molecule has 3 unspecified atom stereocenters. The summed E-state index contributed by atoms with van der Waals surface area (Å²) in [5, 5.41) is 29.7. The lowest BCUT2D eigenvalue weighted by Crippen LogP contribution is -2.54. The molecule has 1 N–H and O–H groups in total. The predicted molar refractivity (Wildman–Crippen MR) is 176 cm³/mol. The number of aromatic nitrogens is 3. The van der Waals surface area contributed by atoms with E-state index in [1.54, 1.807) is 11.9 Å². The number of phenolic OH excluding ortho intramolecular Hbond substituents is 1. The first-order valence-electron chi connectivity index (χ1n) is 16.7. The number of hydrogen-bond donors (Lipinski definition) is 1. The zero-order valence-corrected chi connectivity index (χ0v) is 27.5. The summed E-state index contributed by atoms with van der Waals surface area (Å²) in [4.78, 5) is 33.1. The van der Waals surface area contributed by atoms with Gasteiger partial charge in [-0.15, -0.1) is 0 Å². The third-order valence-electron chi connectivity index (χ3n) is 10.7. The van der Waals surface area contributed by atoms with Crippen molar-refractivity contribution < 1.29 is 32.5 Å². The summed E-state index contributed by atoms with van der Waals surface area (Å²) in [6.45, 7) is 2.26. The molecular weight excluding hydrogens is 667 g/mol. The monoisotopic (exact) mass is 699 g/mol. The smallest absolute Gasteiger partial charge is 0.409 e. The van der Waals surface area contributed by atoms with E-state index in [-0.39, 0.29) is 94.9 Å². The number of nitriles is 2. The maximum Gasteiger partial charge on any atom is 0.409 e. The van der Waals surface area contributed by atoms with Crippen LogP contribution in [0.4, 0.5) is 23.8 Å². The van der Waals surface area contributed by atoms with E-state index < -0.39 is 29.0 Å². The molecule has 4 aliphatic rings. The first-order chi connectivity index (χ1) is 24.6. The van der Waals surface area contributed by atoms with Crippen LogP contribution in [0.25, 0.3) is 32.9 Å². The number of benzene rings is 2. The van der Waals surface area contributed by atoms with Crippen molar-refractivity contribution in [3.05, 3.63) is 47.9 Å². The number of piperazine rings is 1. The summed E-state index contributed by atoms with van der Waals surface area (Å²) in [6, 6.07) is 6.08. The van der Waals surface area contributed by atoms with Gasteiger partial charge in [0, 0.05) is 56.8 Å². The van der Waals surface area contributed by atoms with E-state index in [0.29, 0.717) is 19.5 Å². The van der Waals surface area contributed by atoms with Crippen molar-refractivity contribution in [1.29, 1.82) is 10.5 Å². The van der Waals surface area contributed by atoms with Crippen LogP contribution in [0.2, 0.25) is 0 Å². The fraction of sp³-hybridized carbons (Fsp3) is 0.429. The van der Waals surface area contributed by atoms with Crippen LogP contribution in [0.3, 0.4) is 0 Å². The highest BCUT2D eigenvalue weighted by atomic mass is 19.2. The zero-order valence-electron chi connectivity index (χ0n) is 27.5. The molecule has 8 rings (SSSR count). The zero-order chi connectivity index (χ0) is 35.6. The largest absolute Gasteiger partial charge is 0.508 e. The Bertz CT molecular complexity index is 2180. The van der Waals surface area contributed by atoms with Crippen LogP contribution < -0.4 is 9.64 Å². The number of fused-ring (bicyclic) bond motifs is 5. The average Bonchev–Trinajstić information content (AvgIpc) is 3.65. The molecule has 4 aromatic rings. The second kappa shape index (κ2) is 12.3. The molecule has 4 fully saturated rings. The number of pyridine rings is 1. The Labute approximate surface area is 290 Å². The first kappa shape index (κ1) is 32.6. The molecule has 4 atom stereocenters. The Morgan fingerprint density at radius 2 is 1.96 bits per heavy atom. The fourth-order valence-electron chi connectivity index (χ4n) is 8.27. The number of hydrogen-bond acceptors (Lipinski definition) is 12. The van der Waals surface area contributed by atoms with Gasteiger partial charge < -0.3 is 29.3 Å². The molecule has 0 saturated carbocycles. The van der Waals surface area contributed by atoms with Crippen LogP contribution in [-0.4, -0.2) is 111 Å². The van der Waals surface area contributed by atoms with E-state index in [9.17, 15) is 24.8 Å². The van der Waals surface area contributed by atoms with Gasteiger partial charge in [-0.2, -0.15) is 20.5 Å². The van der Waals surface area contributed by atoms with Gasteiger partial charge in [0.25, 0.3) is 0 Å². The van der Waals surface area contributed by atoms with Crippen LogP contribution in [0.1, 0.15) is 25.7 Å². The lowest BCUT2D eigenvalue weighted by molar-refractivity contribution is 0.00314. The minimum Gasteiger partial charge on any atom is -0.508 e. The van der Waals surface area contributed by atoms with E-state index in [2.05, 4.69) is 27.1 Å². The minimum absolute atomic E-state index is 0.00574. The van der Waals surface area contributed by atoms with Gasteiger partial charge in [-0.25, -0.2) is 18.0 Å². The van der Waals surface area contributed by atoms with E-state index in [0.717, 1.165) is 31.5 Å². The number of phenols is 1. The molecule has 0 radical (unpaired) electrons. The normalized spacial score (nSPS) is 24.7. The van der Waals surface area contributed by atoms with Crippen LogP contribution in [0.15, 0.2) is 30.5 Å². The molecule has 4 saturated heterocycles. The molecule has 0 spiro atoms. The highest BCUT2D eigenvalue weighted by Gasteiger charge is 2.57. The molecule has 0 aliphatic carbocycles. The number of carbonyl (C=O) groups excluding carboxylic acids is 1. The Balaban J connectivity index is 1.23. The number of anilines is 1. The average molecular weight is 700 g/mol. The Morgan fingerprint density at radius 1 is 1.12 bits per heavy atom. The van der Waals surface area contributed by atoms with E-state index in [1.807, 2.05) is 4.90 Å². The summed E-state index contributed by atoms with van der Waals surface area (Å²) in [5.41, 5.74) is -1.22. The highest BCUT2D eigenvalue weighted by Crippen LogP contribution is 2.46. The van der Waals surface area contributed by atoms with Crippen molar-refractivity contribution in [2.45, 2.75) is 49.4 Å². The molecule has 1 amide bonds. The predicted octanol–water partition coefficient (Wildman–Crippen LogP) is 4.29. The topological polar surface area (TPSA) is 155 Å². The Morgan fingerprint density at radius 3 is 2.76 bits per heavy atom. The Hall–Kier alpha value is -5.61. The lowest BCUT2D eigenvalue weighted by Gasteiger charge is -2.38. The molecule has 2 aromatic heterocycles. The number of amides is 1. The maximum atomic E-state index is 16.8. The van der Waals surface area contributed by atoms with Crippen molar-refractivity contribution in [2.24, 2.45) is 0 Å². The van der Waals surface area contributed by atoms with Crippen molar-refractivity contribution in [2.75, 3.05) is 51.3 Å². The molecule has 6 heterocycles. The van der Waals surface area contributed by atoms with Gasteiger partial charge in [-0.05, 0) is 43.0 Å². The second-order valence-electron chi connectivity index (χ2n) is 13.6. The summed E-state index contributed by atoms with van der Waals surface area (Å²) in [5.74, 6) is -3.37. The third-order valence-corrected chi connectivity index (χ3v) is 10.7. The third kappa shape index (κ3) is 5.33. The van der Waals surface area contributed by atoms with Crippen molar-refractivity contribution >= 4 is 33.6 Å². The van der Waals surface area contributed by atoms with Gasteiger partial charge in [-0.1, -0.05) is 6.07 Å². The molecule has 0 bridgehead atoms. The van der Waals surface area contributed by atoms with Crippen LogP contribution >= 0.6 is 0 Å². The SMILES string of the molecule is CN1CC2C(CC3(COc4nc(N5CCN(C#N)[C@@H](CC#N)C5)c5cnc(-c6cc(O)cc7ccc(F)c(F)c67)c(F)c5n4)CCCN23)OC1=O. The van der Waals surface area contributed by atoms with Crippen molar-refractivity contribution in [3.8, 4) is 35.3 Å². The highest BCUT2D eigenvalue weighted by molar-refractivity contribution is 6.00. The molecule has 262 valence electrons. The standard InChI is InChI=1S/C35H32F3N9O4/c1-44-16-25-26(51-34(44)49)13-35(6-2-8-47(25)35)17-50-33-42-31-23(32(43-33)45-9-10-46(18-40)20(15-45)5-7-39)14-41-30(29(31)38)22-12-21(48)11-19-3-4-24(36)28(37)27(19)22/h3-4,11-12,14,20,25-26,48H,2,5-6,8-10,13,15-17H2,1H3/t20-,25?,26?,35?/m0/s1. The number of rotatable bonds is 6. The second-order valence-corrected chi connectivity index (χ2v) is 13.6. The molecular formula is C35H32F3N9O4. The van der Waals surface area contributed by atoms with Crippen LogP contribution in [-0.2, 0) is 4.74 Å². The van der Waals surface area contributed by atoms with Gasteiger partial charge in [0.05, 0.1) is 35.5 Å². The quantitative estimate of drug-likeness (QED) is 0.286. The van der Waals surface area contributed by atoms with Gasteiger partial charge in [0.15, 0.2) is 23.6 Å². The fourth-order valence-corrected chi connectivity index (χ4v) is 8.27. The number of ether oxygens (including phenoxy) is 2. The Kier molecular flexibility index (Phi) is 7.87. The van der Waals surface area contributed by atoms with E-state index >= 15 is 8.78 Å². The molecule has 13 nitrogen and oxygen atoms in total. The lowest BCUT2D eigenvalue weighted by atomic mass is 9.94. The summed E-state index contributed by atoms with van der Waals surface area (Å²) in [6.07, 6.45) is 5.11. The number of halogens is 3. The van der Waals surface area contributed by atoms with Gasteiger partial charge in [-0.3, -0.25) is 9.88 Å². The summed E-state index contributed by atoms with van der Waals surface area (Å²) >= 11 is 0. The summed E-state index contributed by atoms with van der Waals surface area (Å²) in [7, 11) is 1.70. The van der Waals surface area contributed by atoms with Gasteiger partial charge in [0.2, 0.25) is 0 Å². The summed E-state index contributed by atoms with van der Waals surface area (Å²) < 4.78 is 58.6.